The Morgan fingerprint density at radius 3 is 2.74 bits per heavy atom. The zero-order valence-electron chi connectivity index (χ0n) is 10.5. The molecule has 19 heavy (non-hydrogen) atoms. The lowest BCUT2D eigenvalue weighted by atomic mass is 10.1. The highest BCUT2D eigenvalue weighted by Gasteiger charge is 2.16. The monoisotopic (exact) mass is 338 g/mol. The third-order valence-electron chi connectivity index (χ3n) is 2.66. The Labute approximate surface area is 125 Å². The fourth-order valence-electron chi connectivity index (χ4n) is 1.75. The van der Waals surface area contributed by atoms with Crippen LogP contribution in [0.15, 0.2) is 52.1 Å². The van der Waals surface area contributed by atoms with Crippen LogP contribution in [0.4, 0.5) is 0 Å². The Kier molecular flexibility index (Phi) is 5.24. The largest absolute Gasteiger partial charge is 0.496 e. The van der Waals surface area contributed by atoms with Gasteiger partial charge in [-0.3, -0.25) is 0 Å². The maximum Gasteiger partial charge on any atom is 0.123 e. The standard InChI is InChI=1S/C14H15BrN2OS/c1-18-12-5-3-2-4-11(12)13(8-16)19-14-7-6-10(15)9-17-14/h2-7,9,13H,8,16H2,1H3. The number of halogens is 1. The molecule has 2 aromatic rings. The van der Waals surface area contributed by atoms with E-state index in [0.717, 1.165) is 20.8 Å². The first-order chi connectivity index (χ1) is 9.24. The summed E-state index contributed by atoms with van der Waals surface area (Å²) in [6.45, 7) is 0.531. The van der Waals surface area contributed by atoms with E-state index in [-0.39, 0.29) is 5.25 Å². The SMILES string of the molecule is COc1ccccc1C(CN)Sc1ccc(Br)cn1. The second kappa shape index (κ2) is 6.93. The predicted molar refractivity (Wildman–Crippen MR) is 82.6 cm³/mol. The van der Waals surface area contributed by atoms with Gasteiger partial charge in [0.15, 0.2) is 0 Å². The van der Waals surface area contributed by atoms with E-state index < -0.39 is 0 Å². The molecule has 1 heterocycles. The molecule has 1 atom stereocenters. The molecule has 0 aliphatic carbocycles. The molecule has 0 amide bonds. The van der Waals surface area contributed by atoms with Crippen molar-refractivity contribution in [3.8, 4) is 5.75 Å². The molecule has 100 valence electrons. The van der Waals surface area contributed by atoms with Crippen LogP contribution in [0.3, 0.4) is 0 Å². The molecule has 3 nitrogen and oxygen atoms in total. The van der Waals surface area contributed by atoms with Gasteiger partial charge in [0.1, 0.15) is 5.75 Å². The van der Waals surface area contributed by atoms with E-state index in [0.29, 0.717) is 6.54 Å². The van der Waals surface area contributed by atoms with Crippen LogP contribution in [-0.2, 0) is 0 Å². The summed E-state index contributed by atoms with van der Waals surface area (Å²) in [6, 6.07) is 11.9. The molecule has 5 heteroatoms. The topological polar surface area (TPSA) is 48.1 Å². The average molecular weight is 339 g/mol. The lowest BCUT2D eigenvalue weighted by Gasteiger charge is -2.17. The highest BCUT2D eigenvalue weighted by atomic mass is 79.9. The normalized spacial score (nSPS) is 12.2. The van der Waals surface area contributed by atoms with Gasteiger partial charge in [-0.2, -0.15) is 0 Å². The highest BCUT2D eigenvalue weighted by Crippen LogP contribution is 2.37. The highest BCUT2D eigenvalue weighted by molar-refractivity contribution is 9.10. The van der Waals surface area contributed by atoms with E-state index in [4.69, 9.17) is 10.5 Å². The first-order valence-corrected chi connectivity index (χ1v) is 7.53. The third kappa shape index (κ3) is 3.72. The molecular formula is C14H15BrN2OS. The summed E-state index contributed by atoms with van der Waals surface area (Å²) < 4.78 is 6.36. The zero-order valence-corrected chi connectivity index (χ0v) is 12.9. The van der Waals surface area contributed by atoms with Gasteiger partial charge in [0, 0.05) is 22.8 Å². The van der Waals surface area contributed by atoms with Gasteiger partial charge in [0.25, 0.3) is 0 Å². The molecular weight excluding hydrogens is 324 g/mol. The van der Waals surface area contributed by atoms with Crippen molar-refractivity contribution in [2.45, 2.75) is 10.3 Å². The maximum absolute atomic E-state index is 5.89. The van der Waals surface area contributed by atoms with E-state index in [2.05, 4.69) is 20.9 Å². The van der Waals surface area contributed by atoms with E-state index in [1.807, 2.05) is 36.4 Å². The van der Waals surface area contributed by atoms with Crippen molar-refractivity contribution in [1.82, 2.24) is 4.98 Å². The molecule has 2 rings (SSSR count). The van der Waals surface area contributed by atoms with E-state index in [1.54, 1.807) is 25.1 Å². The fourth-order valence-corrected chi connectivity index (χ4v) is 2.95. The van der Waals surface area contributed by atoms with Gasteiger partial charge >= 0.3 is 0 Å². The molecule has 0 bridgehead atoms. The number of nitrogens with two attached hydrogens (primary N) is 1. The van der Waals surface area contributed by atoms with E-state index in [9.17, 15) is 0 Å². The molecule has 0 aliphatic heterocycles. The number of thioether (sulfide) groups is 1. The quantitative estimate of drug-likeness (QED) is 0.845. The minimum absolute atomic E-state index is 0.129. The van der Waals surface area contributed by atoms with Crippen molar-refractivity contribution in [3.05, 3.63) is 52.6 Å². The molecule has 1 aromatic heterocycles. The Morgan fingerprint density at radius 1 is 1.32 bits per heavy atom. The summed E-state index contributed by atoms with van der Waals surface area (Å²) >= 11 is 5.02. The minimum Gasteiger partial charge on any atom is -0.496 e. The first-order valence-electron chi connectivity index (χ1n) is 5.85. The van der Waals surface area contributed by atoms with Crippen LogP contribution in [0, 0.1) is 0 Å². The number of pyridine rings is 1. The number of aromatic nitrogens is 1. The van der Waals surface area contributed by atoms with Crippen LogP contribution in [0.25, 0.3) is 0 Å². The van der Waals surface area contributed by atoms with Gasteiger partial charge in [0.2, 0.25) is 0 Å². The summed E-state index contributed by atoms with van der Waals surface area (Å²) in [7, 11) is 1.68. The Balaban J connectivity index is 2.22. The van der Waals surface area contributed by atoms with Gasteiger partial charge < -0.3 is 10.5 Å². The summed E-state index contributed by atoms with van der Waals surface area (Å²) in [5.41, 5.74) is 6.99. The summed E-state index contributed by atoms with van der Waals surface area (Å²) in [5.74, 6) is 0.863. The van der Waals surface area contributed by atoms with Crippen molar-refractivity contribution in [3.63, 3.8) is 0 Å². The smallest absolute Gasteiger partial charge is 0.123 e. The molecule has 0 saturated heterocycles. The molecule has 1 aromatic carbocycles. The summed E-state index contributed by atoms with van der Waals surface area (Å²) in [4.78, 5) is 4.37. The summed E-state index contributed by atoms with van der Waals surface area (Å²) in [6.07, 6.45) is 1.79. The number of benzene rings is 1. The molecule has 2 N–H and O–H groups in total. The van der Waals surface area contributed by atoms with Crippen LogP contribution < -0.4 is 10.5 Å². The lowest BCUT2D eigenvalue weighted by Crippen LogP contribution is -2.10. The second-order valence-corrected chi connectivity index (χ2v) is 6.04. The second-order valence-electron chi connectivity index (χ2n) is 3.90. The zero-order chi connectivity index (χ0) is 13.7. The van der Waals surface area contributed by atoms with Gasteiger partial charge in [-0.15, -0.1) is 0 Å². The number of para-hydroxylation sites is 1. The van der Waals surface area contributed by atoms with Crippen LogP contribution in [0.5, 0.6) is 5.75 Å². The Morgan fingerprint density at radius 2 is 2.11 bits per heavy atom. The summed E-state index contributed by atoms with van der Waals surface area (Å²) in [5, 5.41) is 1.08. The molecule has 0 fully saturated rings. The molecule has 0 saturated carbocycles. The Bertz CT molecular complexity index is 533. The Hall–Kier alpha value is -1.04. The van der Waals surface area contributed by atoms with E-state index in [1.165, 1.54) is 0 Å². The van der Waals surface area contributed by atoms with Crippen molar-refractivity contribution in [2.24, 2.45) is 5.73 Å². The minimum atomic E-state index is 0.129. The molecule has 0 aliphatic rings. The maximum atomic E-state index is 5.89. The van der Waals surface area contributed by atoms with Crippen molar-refractivity contribution < 1.29 is 4.74 Å². The number of hydrogen-bond donors (Lipinski definition) is 1. The van der Waals surface area contributed by atoms with Crippen molar-refractivity contribution in [1.29, 1.82) is 0 Å². The fraction of sp³-hybridized carbons (Fsp3) is 0.214. The van der Waals surface area contributed by atoms with E-state index >= 15 is 0 Å². The van der Waals surface area contributed by atoms with Crippen LogP contribution in [0.1, 0.15) is 10.8 Å². The molecule has 1 unspecified atom stereocenters. The van der Waals surface area contributed by atoms with Gasteiger partial charge in [-0.25, -0.2) is 4.98 Å². The van der Waals surface area contributed by atoms with Gasteiger partial charge in [-0.05, 0) is 34.1 Å². The molecule has 0 spiro atoms. The predicted octanol–water partition coefficient (Wildman–Crippen LogP) is 3.64. The van der Waals surface area contributed by atoms with Crippen molar-refractivity contribution >= 4 is 27.7 Å². The number of ether oxygens (including phenoxy) is 1. The number of nitrogens with zero attached hydrogens (tertiary/aromatic N) is 1. The molecule has 0 radical (unpaired) electrons. The van der Waals surface area contributed by atoms with Crippen LogP contribution in [0.2, 0.25) is 0 Å². The number of methoxy groups -OCH3 is 1. The third-order valence-corrected chi connectivity index (χ3v) is 4.35. The van der Waals surface area contributed by atoms with Crippen LogP contribution in [-0.4, -0.2) is 18.6 Å². The van der Waals surface area contributed by atoms with Crippen molar-refractivity contribution in [2.75, 3.05) is 13.7 Å². The van der Waals surface area contributed by atoms with Gasteiger partial charge in [-0.1, -0.05) is 30.0 Å². The van der Waals surface area contributed by atoms with Gasteiger partial charge in [0.05, 0.1) is 17.4 Å². The average Bonchev–Trinajstić information content (AvgIpc) is 2.46. The number of rotatable bonds is 5. The van der Waals surface area contributed by atoms with Crippen LogP contribution >= 0.6 is 27.7 Å². The number of hydrogen-bond acceptors (Lipinski definition) is 4. The first kappa shape index (κ1) is 14.4. The lowest BCUT2D eigenvalue weighted by molar-refractivity contribution is 0.409.